The van der Waals surface area contributed by atoms with E-state index in [0.29, 0.717) is 0 Å². The number of nitrogens with two attached hydrogens (primary N) is 1. The van der Waals surface area contributed by atoms with E-state index in [1.807, 2.05) is 12.1 Å². The van der Waals surface area contributed by atoms with Crippen LogP contribution < -0.4 is 5.73 Å². The Kier molecular flexibility index (Phi) is 2.99. The highest BCUT2D eigenvalue weighted by Crippen LogP contribution is 2.23. The van der Waals surface area contributed by atoms with Crippen LogP contribution in [0.25, 0.3) is 0 Å². The highest BCUT2D eigenvalue weighted by molar-refractivity contribution is 6.31. The van der Waals surface area contributed by atoms with Crippen molar-refractivity contribution in [1.82, 2.24) is 0 Å². The molecule has 0 unspecified atom stereocenters. The van der Waals surface area contributed by atoms with Crippen LogP contribution >= 0.6 is 11.6 Å². The molecule has 0 bridgehead atoms. The third-order valence-corrected chi connectivity index (χ3v) is 2.29. The Balaban J connectivity index is 3.24. The van der Waals surface area contributed by atoms with Crippen molar-refractivity contribution in [1.29, 1.82) is 0 Å². The van der Waals surface area contributed by atoms with E-state index in [1.54, 1.807) is 0 Å². The predicted molar refractivity (Wildman–Crippen MR) is 54.6 cm³/mol. The zero-order valence-electron chi connectivity index (χ0n) is 7.52. The fourth-order valence-electron chi connectivity index (χ4n) is 1.46. The van der Waals surface area contributed by atoms with E-state index in [0.717, 1.165) is 23.6 Å². The molecule has 1 rings (SSSR count). The molecule has 0 aliphatic heterocycles. The normalized spacial score (nSPS) is 10.2. The molecular formula is C10H14ClN. The summed E-state index contributed by atoms with van der Waals surface area (Å²) < 4.78 is 0. The summed E-state index contributed by atoms with van der Waals surface area (Å²) in [7, 11) is 0. The smallest absolute Gasteiger partial charge is 0.0429 e. The van der Waals surface area contributed by atoms with Crippen molar-refractivity contribution in [2.75, 3.05) is 5.73 Å². The minimum absolute atomic E-state index is 0.738. The van der Waals surface area contributed by atoms with Gasteiger partial charge in [-0.1, -0.05) is 25.4 Å². The average Bonchev–Trinajstić information content (AvgIpc) is 2.03. The first-order valence-electron chi connectivity index (χ1n) is 4.25. The van der Waals surface area contributed by atoms with Crippen LogP contribution in [0.5, 0.6) is 0 Å². The number of aryl methyl sites for hydroxylation is 1. The fraction of sp³-hybridized carbons (Fsp3) is 0.400. The number of anilines is 1. The first kappa shape index (κ1) is 9.40. The highest BCUT2D eigenvalue weighted by Gasteiger charge is 2.04. The predicted octanol–water partition coefficient (Wildman–Crippen LogP) is 3.05. The lowest BCUT2D eigenvalue weighted by atomic mass is 10.0. The van der Waals surface area contributed by atoms with Crippen LogP contribution in [0.15, 0.2) is 12.1 Å². The molecule has 0 aromatic heterocycles. The zero-order valence-corrected chi connectivity index (χ0v) is 8.28. The standard InChI is InChI=1S/C10H14ClN/c1-3-7-5-8(11)6-10(12)9(7)4-2/h5-6H,3-4,12H2,1-2H3. The molecule has 1 nitrogen and oxygen atoms in total. The number of benzene rings is 1. The SMILES string of the molecule is CCc1cc(Cl)cc(N)c1CC. The molecule has 66 valence electrons. The molecule has 12 heavy (non-hydrogen) atoms. The maximum absolute atomic E-state index is 5.88. The largest absolute Gasteiger partial charge is 0.398 e. The number of hydrogen-bond donors (Lipinski definition) is 1. The van der Waals surface area contributed by atoms with Crippen LogP contribution in [0.3, 0.4) is 0 Å². The Bertz CT molecular complexity index is 281. The van der Waals surface area contributed by atoms with Crippen molar-refractivity contribution >= 4 is 17.3 Å². The number of rotatable bonds is 2. The van der Waals surface area contributed by atoms with E-state index in [1.165, 1.54) is 11.1 Å². The minimum Gasteiger partial charge on any atom is -0.398 e. The Labute approximate surface area is 78.5 Å². The van der Waals surface area contributed by atoms with Crippen LogP contribution in [-0.4, -0.2) is 0 Å². The fourth-order valence-corrected chi connectivity index (χ4v) is 1.71. The van der Waals surface area contributed by atoms with Gasteiger partial charge in [-0.2, -0.15) is 0 Å². The van der Waals surface area contributed by atoms with Crippen molar-refractivity contribution in [2.45, 2.75) is 26.7 Å². The molecule has 2 N–H and O–H groups in total. The van der Waals surface area contributed by atoms with Gasteiger partial charge in [-0.05, 0) is 36.1 Å². The molecule has 0 aliphatic carbocycles. The number of halogens is 1. The van der Waals surface area contributed by atoms with Crippen LogP contribution in [-0.2, 0) is 12.8 Å². The van der Waals surface area contributed by atoms with Crippen LogP contribution in [0, 0.1) is 0 Å². The Morgan fingerprint density at radius 2 is 1.92 bits per heavy atom. The van der Waals surface area contributed by atoms with Gasteiger partial charge >= 0.3 is 0 Å². The molecule has 0 saturated carbocycles. The third-order valence-electron chi connectivity index (χ3n) is 2.08. The van der Waals surface area contributed by atoms with Crippen molar-refractivity contribution < 1.29 is 0 Å². The number of nitrogen functional groups attached to an aromatic ring is 1. The molecule has 0 atom stereocenters. The molecule has 0 fully saturated rings. The van der Waals surface area contributed by atoms with Crippen molar-refractivity contribution in [2.24, 2.45) is 0 Å². The summed E-state index contributed by atoms with van der Waals surface area (Å²) in [6, 6.07) is 3.82. The second kappa shape index (κ2) is 3.81. The molecular weight excluding hydrogens is 170 g/mol. The monoisotopic (exact) mass is 183 g/mol. The maximum atomic E-state index is 5.88. The summed E-state index contributed by atoms with van der Waals surface area (Å²) in [5.74, 6) is 0. The molecule has 2 heteroatoms. The summed E-state index contributed by atoms with van der Waals surface area (Å²) in [6.45, 7) is 4.23. The van der Waals surface area contributed by atoms with Gasteiger partial charge in [-0.3, -0.25) is 0 Å². The second-order valence-electron chi connectivity index (χ2n) is 2.84. The van der Waals surface area contributed by atoms with Crippen LogP contribution in [0.4, 0.5) is 5.69 Å². The Morgan fingerprint density at radius 1 is 1.25 bits per heavy atom. The van der Waals surface area contributed by atoms with Gasteiger partial charge in [0.2, 0.25) is 0 Å². The molecule has 0 heterocycles. The van der Waals surface area contributed by atoms with Gasteiger partial charge in [-0.25, -0.2) is 0 Å². The van der Waals surface area contributed by atoms with Crippen LogP contribution in [0.2, 0.25) is 5.02 Å². The van der Waals surface area contributed by atoms with Gasteiger partial charge in [0.25, 0.3) is 0 Å². The lowest BCUT2D eigenvalue weighted by Gasteiger charge is -2.09. The molecule has 0 spiro atoms. The van der Waals surface area contributed by atoms with E-state index in [9.17, 15) is 0 Å². The second-order valence-corrected chi connectivity index (χ2v) is 3.28. The summed E-state index contributed by atoms with van der Waals surface area (Å²) >= 11 is 5.88. The van der Waals surface area contributed by atoms with E-state index >= 15 is 0 Å². The summed E-state index contributed by atoms with van der Waals surface area (Å²) in [5.41, 5.74) is 9.15. The molecule has 0 saturated heterocycles. The zero-order chi connectivity index (χ0) is 9.14. The Morgan fingerprint density at radius 3 is 2.42 bits per heavy atom. The molecule has 0 radical (unpaired) electrons. The molecule has 0 amide bonds. The van der Waals surface area contributed by atoms with Gasteiger partial charge in [0.1, 0.15) is 0 Å². The summed E-state index contributed by atoms with van der Waals surface area (Å²) in [5, 5.41) is 0.738. The highest BCUT2D eigenvalue weighted by atomic mass is 35.5. The summed E-state index contributed by atoms with van der Waals surface area (Å²) in [6.07, 6.45) is 1.97. The Hall–Kier alpha value is -0.690. The van der Waals surface area contributed by atoms with Gasteiger partial charge in [-0.15, -0.1) is 0 Å². The minimum atomic E-state index is 0.738. The molecule has 1 aromatic rings. The van der Waals surface area contributed by atoms with Crippen molar-refractivity contribution in [3.63, 3.8) is 0 Å². The topological polar surface area (TPSA) is 26.0 Å². The third kappa shape index (κ3) is 1.72. The first-order valence-corrected chi connectivity index (χ1v) is 4.63. The van der Waals surface area contributed by atoms with Crippen molar-refractivity contribution in [3.05, 3.63) is 28.3 Å². The maximum Gasteiger partial charge on any atom is 0.0429 e. The van der Waals surface area contributed by atoms with Crippen LogP contribution in [0.1, 0.15) is 25.0 Å². The average molecular weight is 184 g/mol. The number of hydrogen-bond acceptors (Lipinski definition) is 1. The lowest BCUT2D eigenvalue weighted by molar-refractivity contribution is 1.04. The first-order chi connectivity index (χ1) is 5.69. The van der Waals surface area contributed by atoms with Gasteiger partial charge in [0.05, 0.1) is 0 Å². The molecule has 0 aliphatic rings. The molecule has 1 aromatic carbocycles. The van der Waals surface area contributed by atoms with Gasteiger partial charge < -0.3 is 5.73 Å². The van der Waals surface area contributed by atoms with E-state index in [4.69, 9.17) is 17.3 Å². The van der Waals surface area contributed by atoms with Gasteiger partial charge in [0.15, 0.2) is 0 Å². The van der Waals surface area contributed by atoms with E-state index in [-0.39, 0.29) is 0 Å². The van der Waals surface area contributed by atoms with Crippen molar-refractivity contribution in [3.8, 4) is 0 Å². The van der Waals surface area contributed by atoms with E-state index in [2.05, 4.69) is 13.8 Å². The quantitative estimate of drug-likeness (QED) is 0.701. The van der Waals surface area contributed by atoms with Gasteiger partial charge in [0, 0.05) is 10.7 Å². The lowest BCUT2D eigenvalue weighted by Crippen LogP contribution is -1.98. The summed E-state index contributed by atoms with van der Waals surface area (Å²) in [4.78, 5) is 0. The van der Waals surface area contributed by atoms with E-state index < -0.39 is 0 Å².